The first kappa shape index (κ1) is 17.4. The maximum Gasteiger partial charge on any atom is 0.146 e. The molecule has 0 bridgehead atoms. The van der Waals surface area contributed by atoms with Gasteiger partial charge in [0.2, 0.25) is 0 Å². The Labute approximate surface area is 154 Å². The molecule has 27 heavy (non-hydrogen) atoms. The molecular weight excluding hydrogens is 352 g/mol. The molecule has 4 rings (SSSR count). The topological polar surface area (TPSA) is 85.1 Å². The van der Waals surface area contributed by atoms with Gasteiger partial charge in [0, 0.05) is 18.3 Å². The maximum atomic E-state index is 14.4. The van der Waals surface area contributed by atoms with Crippen LogP contribution in [0.3, 0.4) is 0 Å². The van der Waals surface area contributed by atoms with Gasteiger partial charge in [-0.3, -0.25) is 0 Å². The van der Waals surface area contributed by atoms with E-state index in [4.69, 9.17) is 10.5 Å². The third-order valence-electron chi connectivity index (χ3n) is 4.45. The molecule has 1 atom stereocenters. The Bertz CT molecular complexity index is 976. The van der Waals surface area contributed by atoms with Gasteiger partial charge in [0.25, 0.3) is 0 Å². The first-order valence-electron chi connectivity index (χ1n) is 8.74. The smallest absolute Gasteiger partial charge is 0.146 e. The number of hydrogen-bond donors (Lipinski definition) is 3. The van der Waals surface area contributed by atoms with Gasteiger partial charge in [0.15, 0.2) is 0 Å². The molecule has 6 nitrogen and oxygen atoms in total. The second kappa shape index (κ2) is 7.32. The van der Waals surface area contributed by atoms with Crippen LogP contribution >= 0.6 is 0 Å². The van der Waals surface area contributed by atoms with Crippen LogP contribution in [-0.4, -0.2) is 29.2 Å². The van der Waals surface area contributed by atoms with Gasteiger partial charge in [0.05, 0.1) is 16.6 Å². The molecule has 1 saturated heterocycles. The Morgan fingerprint density at radius 3 is 2.89 bits per heavy atom. The van der Waals surface area contributed by atoms with Crippen molar-refractivity contribution >= 4 is 28.1 Å². The SMILES string of the molecule is Nc1cc(F)c2c(Nc3ccc(F)cc3OC3CCCNC3)ncnc2c1. The summed E-state index contributed by atoms with van der Waals surface area (Å²) in [5.74, 6) is -0.331. The molecule has 140 valence electrons. The van der Waals surface area contributed by atoms with Crippen LogP contribution in [0.1, 0.15) is 12.8 Å². The van der Waals surface area contributed by atoms with E-state index in [-0.39, 0.29) is 23.0 Å². The fraction of sp³-hybridized carbons (Fsp3) is 0.263. The molecule has 1 unspecified atom stereocenters. The van der Waals surface area contributed by atoms with E-state index < -0.39 is 11.6 Å². The number of anilines is 3. The number of piperidine rings is 1. The lowest BCUT2D eigenvalue weighted by atomic mass is 10.1. The van der Waals surface area contributed by atoms with Crippen LogP contribution < -0.4 is 21.1 Å². The van der Waals surface area contributed by atoms with Gasteiger partial charge in [0.1, 0.15) is 35.6 Å². The zero-order valence-corrected chi connectivity index (χ0v) is 14.5. The highest BCUT2D eigenvalue weighted by Crippen LogP contribution is 2.33. The van der Waals surface area contributed by atoms with E-state index in [1.165, 1.54) is 24.5 Å². The number of aromatic nitrogens is 2. The van der Waals surface area contributed by atoms with Crippen molar-refractivity contribution in [1.29, 1.82) is 0 Å². The summed E-state index contributed by atoms with van der Waals surface area (Å²) in [6, 6.07) is 6.96. The summed E-state index contributed by atoms with van der Waals surface area (Å²) in [7, 11) is 0. The molecule has 0 saturated carbocycles. The van der Waals surface area contributed by atoms with Crippen molar-refractivity contribution in [2.24, 2.45) is 0 Å². The molecule has 1 aliphatic rings. The Morgan fingerprint density at radius 1 is 1.19 bits per heavy atom. The van der Waals surface area contributed by atoms with Crippen LogP contribution in [0.25, 0.3) is 10.9 Å². The molecule has 3 aromatic rings. The zero-order chi connectivity index (χ0) is 18.8. The summed E-state index contributed by atoms with van der Waals surface area (Å²) < 4.78 is 34.2. The molecule has 1 aromatic heterocycles. The highest BCUT2D eigenvalue weighted by atomic mass is 19.1. The summed E-state index contributed by atoms with van der Waals surface area (Å²) in [5.41, 5.74) is 6.84. The predicted molar refractivity (Wildman–Crippen MR) is 100 cm³/mol. The maximum absolute atomic E-state index is 14.4. The average Bonchev–Trinajstić information content (AvgIpc) is 2.64. The second-order valence-corrected chi connectivity index (χ2v) is 6.47. The van der Waals surface area contributed by atoms with E-state index >= 15 is 0 Å². The minimum Gasteiger partial charge on any atom is -0.487 e. The molecule has 8 heteroatoms. The van der Waals surface area contributed by atoms with E-state index in [1.807, 2.05) is 0 Å². The standard InChI is InChI=1S/C19H19F2N5O/c20-11-3-4-15(17(6-11)27-13-2-1-5-23-9-13)26-19-18-14(21)7-12(22)8-16(18)24-10-25-19/h3-4,6-8,10,13,23H,1-2,5,9,22H2,(H,24,25,26). The van der Waals surface area contributed by atoms with E-state index in [0.717, 1.165) is 19.4 Å². The van der Waals surface area contributed by atoms with Crippen molar-refractivity contribution in [1.82, 2.24) is 15.3 Å². The number of fused-ring (bicyclic) bond motifs is 1. The summed E-state index contributed by atoms with van der Waals surface area (Å²) >= 11 is 0. The van der Waals surface area contributed by atoms with E-state index in [0.29, 0.717) is 23.5 Å². The monoisotopic (exact) mass is 371 g/mol. The summed E-state index contributed by atoms with van der Waals surface area (Å²) in [4.78, 5) is 8.20. The molecule has 0 amide bonds. The fourth-order valence-electron chi connectivity index (χ4n) is 3.18. The second-order valence-electron chi connectivity index (χ2n) is 6.47. The number of halogens is 2. The molecular formula is C19H19F2N5O. The summed E-state index contributed by atoms with van der Waals surface area (Å²) in [5, 5.41) is 6.51. The largest absolute Gasteiger partial charge is 0.487 e. The first-order chi connectivity index (χ1) is 13.1. The van der Waals surface area contributed by atoms with Gasteiger partial charge in [-0.05, 0) is 43.7 Å². The molecule has 2 aromatic carbocycles. The number of hydrogen-bond acceptors (Lipinski definition) is 6. The minimum atomic E-state index is -0.533. The van der Waals surface area contributed by atoms with Crippen molar-refractivity contribution in [2.45, 2.75) is 18.9 Å². The van der Waals surface area contributed by atoms with Gasteiger partial charge < -0.3 is 21.1 Å². The number of nitrogens with one attached hydrogen (secondary N) is 2. The third-order valence-corrected chi connectivity index (χ3v) is 4.45. The Hall–Kier alpha value is -3.00. The summed E-state index contributed by atoms with van der Waals surface area (Å²) in [6.07, 6.45) is 3.14. The molecule has 2 heterocycles. The Balaban J connectivity index is 1.69. The van der Waals surface area contributed by atoms with Gasteiger partial charge in [-0.1, -0.05) is 0 Å². The number of ether oxygens (including phenoxy) is 1. The quantitative estimate of drug-likeness (QED) is 0.610. The molecule has 0 radical (unpaired) electrons. The fourth-order valence-corrected chi connectivity index (χ4v) is 3.18. The third kappa shape index (κ3) is 3.75. The van der Waals surface area contributed by atoms with Crippen LogP contribution in [0, 0.1) is 11.6 Å². The van der Waals surface area contributed by atoms with Crippen LogP contribution in [0.5, 0.6) is 5.75 Å². The van der Waals surface area contributed by atoms with Crippen LogP contribution in [0.4, 0.5) is 26.0 Å². The zero-order valence-electron chi connectivity index (χ0n) is 14.5. The van der Waals surface area contributed by atoms with Crippen molar-refractivity contribution in [3.05, 3.63) is 48.3 Å². The minimum absolute atomic E-state index is 0.0558. The number of rotatable bonds is 4. The van der Waals surface area contributed by atoms with Crippen LogP contribution in [0.2, 0.25) is 0 Å². The normalized spacial score (nSPS) is 17.0. The lowest BCUT2D eigenvalue weighted by Gasteiger charge is -2.25. The molecule has 4 N–H and O–H groups in total. The highest BCUT2D eigenvalue weighted by Gasteiger charge is 2.18. The average molecular weight is 371 g/mol. The lowest BCUT2D eigenvalue weighted by Crippen LogP contribution is -2.37. The van der Waals surface area contributed by atoms with Gasteiger partial charge in [-0.25, -0.2) is 18.7 Å². The summed E-state index contributed by atoms with van der Waals surface area (Å²) in [6.45, 7) is 1.64. The predicted octanol–water partition coefficient (Wildman–Crippen LogP) is 3.36. The van der Waals surface area contributed by atoms with E-state index in [9.17, 15) is 8.78 Å². The van der Waals surface area contributed by atoms with Crippen molar-refractivity contribution in [3.63, 3.8) is 0 Å². The van der Waals surface area contributed by atoms with Gasteiger partial charge >= 0.3 is 0 Å². The first-order valence-corrected chi connectivity index (χ1v) is 8.74. The molecule has 0 spiro atoms. The van der Waals surface area contributed by atoms with Gasteiger partial charge in [-0.15, -0.1) is 0 Å². The molecule has 1 aliphatic heterocycles. The van der Waals surface area contributed by atoms with Crippen LogP contribution in [0.15, 0.2) is 36.7 Å². The highest BCUT2D eigenvalue weighted by molar-refractivity contribution is 5.93. The van der Waals surface area contributed by atoms with Gasteiger partial charge in [-0.2, -0.15) is 0 Å². The van der Waals surface area contributed by atoms with E-state index in [1.54, 1.807) is 12.1 Å². The number of nitrogen functional groups attached to an aromatic ring is 1. The van der Waals surface area contributed by atoms with E-state index in [2.05, 4.69) is 20.6 Å². The lowest BCUT2D eigenvalue weighted by molar-refractivity contribution is 0.167. The Morgan fingerprint density at radius 2 is 2.07 bits per heavy atom. The molecule has 0 aliphatic carbocycles. The molecule has 1 fully saturated rings. The Kier molecular flexibility index (Phi) is 4.72. The number of nitrogens with zero attached hydrogens (tertiary/aromatic N) is 2. The van der Waals surface area contributed by atoms with Crippen molar-refractivity contribution in [2.75, 3.05) is 24.1 Å². The van der Waals surface area contributed by atoms with Crippen molar-refractivity contribution in [3.8, 4) is 5.75 Å². The van der Waals surface area contributed by atoms with Crippen molar-refractivity contribution < 1.29 is 13.5 Å². The van der Waals surface area contributed by atoms with Crippen LogP contribution in [-0.2, 0) is 0 Å². The number of nitrogens with two attached hydrogens (primary N) is 1. The number of benzene rings is 2.